The molecule has 0 amide bonds. The first kappa shape index (κ1) is 29.3. The van der Waals surface area contributed by atoms with Crippen molar-refractivity contribution in [3.63, 3.8) is 0 Å². The van der Waals surface area contributed by atoms with Crippen LogP contribution in [0.3, 0.4) is 0 Å². The maximum absolute atomic E-state index is 12.2. The third-order valence-corrected chi connectivity index (χ3v) is 7.86. The van der Waals surface area contributed by atoms with Gasteiger partial charge in [-0.3, -0.25) is 4.79 Å². The summed E-state index contributed by atoms with van der Waals surface area (Å²) >= 11 is 0. The highest BCUT2D eigenvalue weighted by Crippen LogP contribution is 2.35. The molecule has 2 N–H and O–H groups in total. The van der Waals surface area contributed by atoms with Crippen LogP contribution >= 0.6 is 0 Å². The minimum Gasteiger partial charge on any atom is -0.375 e. The van der Waals surface area contributed by atoms with Gasteiger partial charge in [-0.15, -0.1) is 0 Å². The third kappa shape index (κ3) is 9.18. The molecule has 0 bridgehead atoms. The molecule has 0 saturated carbocycles. The molecule has 3 atom stereocenters. The van der Waals surface area contributed by atoms with Crippen LogP contribution in [0, 0.1) is 17.3 Å². The fourth-order valence-electron chi connectivity index (χ4n) is 4.61. The van der Waals surface area contributed by atoms with Gasteiger partial charge in [0, 0.05) is 24.0 Å². The Morgan fingerprint density at radius 2 is 1.60 bits per heavy atom. The quantitative estimate of drug-likeness (QED) is 0.240. The van der Waals surface area contributed by atoms with Crippen molar-refractivity contribution in [2.75, 3.05) is 6.61 Å². The highest BCUT2D eigenvalue weighted by molar-refractivity contribution is 5.82. The van der Waals surface area contributed by atoms with E-state index in [4.69, 9.17) is 10.5 Å². The number of ether oxygens (including phenoxy) is 1. The number of rotatable bonds is 19. The standard InChI is InChI=1S/C26H51NO3/c1-8-13-14-23(20-28)19-24(27)21(6)15-16-26(11-4,12-5)30-18-17-25(9-2,10-3)22(7)29/h20-21,23-24H,8-19,27H2,1-7H3. The number of Topliss-reactive ketones (excluding diaryl/α,β-unsaturated/α-hetero) is 1. The van der Waals surface area contributed by atoms with Crippen LogP contribution in [0.1, 0.15) is 119 Å². The van der Waals surface area contributed by atoms with Crippen LogP contribution in [0.4, 0.5) is 0 Å². The van der Waals surface area contributed by atoms with Crippen LogP contribution in [0.25, 0.3) is 0 Å². The van der Waals surface area contributed by atoms with Crippen molar-refractivity contribution in [2.24, 2.45) is 23.0 Å². The lowest BCUT2D eigenvalue weighted by atomic mass is 9.76. The summed E-state index contributed by atoms with van der Waals surface area (Å²) in [6.45, 7) is 15.3. The largest absolute Gasteiger partial charge is 0.375 e. The summed E-state index contributed by atoms with van der Waals surface area (Å²) in [5.41, 5.74) is 6.07. The number of hydrogen-bond donors (Lipinski definition) is 1. The van der Waals surface area contributed by atoms with Crippen LogP contribution in [0.2, 0.25) is 0 Å². The summed E-state index contributed by atoms with van der Waals surface area (Å²) in [5.74, 6) is 0.725. The molecule has 0 aliphatic rings. The van der Waals surface area contributed by atoms with E-state index in [1.54, 1.807) is 6.92 Å². The Labute approximate surface area is 187 Å². The van der Waals surface area contributed by atoms with Crippen molar-refractivity contribution < 1.29 is 14.3 Å². The lowest BCUT2D eigenvalue weighted by Gasteiger charge is -2.36. The normalized spacial score (nSPS) is 15.6. The topological polar surface area (TPSA) is 69.4 Å². The molecule has 0 aromatic rings. The van der Waals surface area contributed by atoms with Gasteiger partial charge < -0.3 is 15.3 Å². The first-order chi connectivity index (χ1) is 14.2. The van der Waals surface area contributed by atoms with E-state index in [1.165, 1.54) is 0 Å². The second-order valence-corrected chi connectivity index (χ2v) is 9.49. The van der Waals surface area contributed by atoms with Crippen LogP contribution in [-0.2, 0) is 14.3 Å². The second kappa shape index (κ2) is 15.1. The van der Waals surface area contributed by atoms with E-state index in [1.807, 2.05) is 0 Å². The van der Waals surface area contributed by atoms with Gasteiger partial charge in [-0.2, -0.15) is 0 Å². The van der Waals surface area contributed by atoms with Gasteiger partial charge in [-0.25, -0.2) is 0 Å². The van der Waals surface area contributed by atoms with Crippen molar-refractivity contribution >= 4 is 12.1 Å². The zero-order valence-corrected chi connectivity index (χ0v) is 21.1. The van der Waals surface area contributed by atoms with Gasteiger partial charge in [0.1, 0.15) is 12.1 Å². The fourth-order valence-corrected chi connectivity index (χ4v) is 4.61. The number of ketones is 1. The van der Waals surface area contributed by atoms with Crippen molar-refractivity contribution in [1.82, 2.24) is 0 Å². The smallest absolute Gasteiger partial charge is 0.136 e. The van der Waals surface area contributed by atoms with E-state index < -0.39 is 0 Å². The number of hydrogen-bond acceptors (Lipinski definition) is 4. The summed E-state index contributed by atoms with van der Waals surface area (Å²) < 4.78 is 6.47. The van der Waals surface area contributed by atoms with E-state index in [9.17, 15) is 9.59 Å². The maximum atomic E-state index is 12.2. The molecule has 0 aliphatic carbocycles. The van der Waals surface area contributed by atoms with E-state index in [0.29, 0.717) is 12.5 Å². The van der Waals surface area contributed by atoms with Gasteiger partial charge in [-0.1, -0.05) is 54.4 Å². The minimum atomic E-state index is -0.245. The van der Waals surface area contributed by atoms with E-state index in [0.717, 1.165) is 76.9 Å². The zero-order chi connectivity index (χ0) is 23.2. The van der Waals surface area contributed by atoms with Crippen LogP contribution in [-0.4, -0.2) is 30.3 Å². The molecule has 0 rings (SSSR count). The summed E-state index contributed by atoms with van der Waals surface area (Å²) in [6, 6.07) is 0.0500. The number of carbonyl (C=O) groups excluding carboxylic acids is 2. The fraction of sp³-hybridized carbons (Fsp3) is 0.923. The first-order valence-electron chi connectivity index (χ1n) is 12.5. The SMILES string of the molecule is CCCCC(C=O)CC(N)C(C)CCC(CC)(CC)OCCC(CC)(CC)C(C)=O. The lowest BCUT2D eigenvalue weighted by Crippen LogP contribution is -2.37. The third-order valence-electron chi connectivity index (χ3n) is 7.86. The van der Waals surface area contributed by atoms with Gasteiger partial charge in [0.05, 0.1) is 5.60 Å². The molecule has 30 heavy (non-hydrogen) atoms. The van der Waals surface area contributed by atoms with Gasteiger partial charge in [0.2, 0.25) is 0 Å². The van der Waals surface area contributed by atoms with Gasteiger partial charge in [0.15, 0.2) is 0 Å². The Kier molecular flexibility index (Phi) is 14.8. The number of carbonyl (C=O) groups is 2. The van der Waals surface area contributed by atoms with E-state index >= 15 is 0 Å². The summed E-state index contributed by atoms with van der Waals surface area (Å²) in [4.78, 5) is 23.6. The van der Waals surface area contributed by atoms with Crippen molar-refractivity contribution in [2.45, 2.75) is 131 Å². The maximum Gasteiger partial charge on any atom is 0.136 e. The van der Waals surface area contributed by atoms with Crippen molar-refractivity contribution in [3.05, 3.63) is 0 Å². The molecule has 0 aromatic carbocycles. The molecule has 0 saturated heterocycles. The van der Waals surface area contributed by atoms with Crippen molar-refractivity contribution in [1.29, 1.82) is 0 Å². The van der Waals surface area contributed by atoms with Crippen LogP contribution in [0.15, 0.2) is 0 Å². The monoisotopic (exact) mass is 425 g/mol. The molecule has 0 aliphatic heterocycles. The Hall–Kier alpha value is -0.740. The van der Waals surface area contributed by atoms with Crippen molar-refractivity contribution in [3.8, 4) is 0 Å². The average Bonchev–Trinajstić information content (AvgIpc) is 2.76. The molecule has 0 aromatic heterocycles. The molecule has 0 fully saturated rings. The minimum absolute atomic E-state index is 0.0500. The molecule has 178 valence electrons. The summed E-state index contributed by atoms with van der Waals surface area (Å²) in [6.07, 6.45) is 11.5. The zero-order valence-electron chi connectivity index (χ0n) is 21.1. The molecule has 0 spiro atoms. The van der Waals surface area contributed by atoms with Crippen LogP contribution < -0.4 is 5.73 Å². The van der Waals surface area contributed by atoms with Gasteiger partial charge in [0.25, 0.3) is 0 Å². The Balaban J connectivity index is 4.81. The molecule has 4 nitrogen and oxygen atoms in total. The predicted molar refractivity (Wildman–Crippen MR) is 128 cm³/mol. The van der Waals surface area contributed by atoms with E-state index in [-0.39, 0.29) is 28.8 Å². The highest BCUT2D eigenvalue weighted by Gasteiger charge is 2.34. The van der Waals surface area contributed by atoms with Gasteiger partial charge in [-0.05, 0) is 70.6 Å². The van der Waals surface area contributed by atoms with Crippen LogP contribution in [0.5, 0.6) is 0 Å². The molecule has 0 heterocycles. The molecular weight excluding hydrogens is 374 g/mol. The van der Waals surface area contributed by atoms with Gasteiger partial charge >= 0.3 is 0 Å². The Morgan fingerprint density at radius 1 is 1.00 bits per heavy atom. The molecular formula is C26H51NO3. The first-order valence-corrected chi connectivity index (χ1v) is 12.5. The summed E-state index contributed by atoms with van der Waals surface area (Å²) in [7, 11) is 0. The van der Waals surface area contributed by atoms with E-state index in [2.05, 4.69) is 41.5 Å². The average molecular weight is 426 g/mol. The highest BCUT2D eigenvalue weighted by atomic mass is 16.5. The molecule has 4 heteroatoms. The predicted octanol–water partition coefficient (Wildman–Crippen LogP) is 6.49. The molecule has 0 radical (unpaired) electrons. The second-order valence-electron chi connectivity index (χ2n) is 9.49. The lowest BCUT2D eigenvalue weighted by molar-refractivity contribution is -0.130. The number of aldehydes is 1. The number of nitrogens with two attached hydrogens (primary N) is 1. The Morgan fingerprint density at radius 3 is 2.03 bits per heavy atom. The Bertz CT molecular complexity index is 469. The molecule has 3 unspecified atom stereocenters. The summed E-state index contributed by atoms with van der Waals surface area (Å²) in [5, 5.41) is 0. The number of unbranched alkanes of at least 4 members (excludes halogenated alkanes) is 1.